The molecule has 0 aliphatic rings. The fourth-order valence-electron chi connectivity index (χ4n) is 4.21. The van der Waals surface area contributed by atoms with Gasteiger partial charge in [-0.15, -0.1) is 0 Å². The molecule has 0 amide bonds. The lowest BCUT2D eigenvalue weighted by molar-refractivity contribution is 0.0657. The Bertz CT molecular complexity index is 1020. The Morgan fingerprint density at radius 1 is 0.486 bits per heavy atom. The van der Waals surface area contributed by atoms with Crippen LogP contribution in [0.2, 0.25) is 0 Å². The summed E-state index contributed by atoms with van der Waals surface area (Å²) in [7, 11) is 0. The van der Waals surface area contributed by atoms with Crippen molar-refractivity contribution in [2.45, 2.75) is 66.6 Å². The predicted octanol–water partition coefficient (Wildman–Crippen LogP) is 9.97. The van der Waals surface area contributed by atoms with E-state index in [1.54, 1.807) is 0 Å². The predicted molar refractivity (Wildman–Crippen MR) is 161 cm³/mol. The van der Waals surface area contributed by atoms with Crippen molar-refractivity contribution in [3.63, 3.8) is 0 Å². The molecular weight excluding hydrogens is 448 g/mol. The standard InChI is InChI=1S/C16H18.C10H14O.C10H14/c1-13(2)16(14-9-5-3-6-10-14)15-11-7-4-8-12-15;1-9(2)11-8-10-6-4-3-5-7-10;1-9(2)8-10-6-4-3-5-7-10/h3-13,16H,1-2H3;3-7,9H,8H2,1-2H3;3-7,9H,8H2,1-2H3. The van der Waals surface area contributed by atoms with E-state index in [-0.39, 0.29) is 0 Å². The first kappa shape index (κ1) is 30.1. The van der Waals surface area contributed by atoms with Crippen LogP contribution in [0.4, 0.5) is 0 Å². The van der Waals surface area contributed by atoms with Gasteiger partial charge in [-0.25, -0.2) is 0 Å². The molecule has 4 aromatic rings. The van der Waals surface area contributed by atoms with E-state index in [0.29, 0.717) is 17.9 Å². The molecule has 0 heterocycles. The molecule has 0 bridgehead atoms. The van der Waals surface area contributed by atoms with E-state index < -0.39 is 0 Å². The topological polar surface area (TPSA) is 9.23 Å². The average molecular weight is 495 g/mol. The smallest absolute Gasteiger partial charge is 0.0720 e. The van der Waals surface area contributed by atoms with Crippen LogP contribution in [0.15, 0.2) is 121 Å². The van der Waals surface area contributed by atoms with Gasteiger partial charge in [-0.2, -0.15) is 0 Å². The lowest BCUT2D eigenvalue weighted by atomic mass is 9.83. The van der Waals surface area contributed by atoms with E-state index in [1.807, 2.05) is 32.0 Å². The maximum Gasteiger partial charge on any atom is 0.0720 e. The summed E-state index contributed by atoms with van der Waals surface area (Å²) >= 11 is 0. The second kappa shape index (κ2) is 17.3. The number of hydrogen-bond donors (Lipinski definition) is 0. The SMILES string of the molecule is CC(C)C(c1ccccc1)c1ccccc1.CC(C)Cc1ccccc1.CC(C)OCc1ccccc1. The Morgan fingerprint density at radius 2 is 0.865 bits per heavy atom. The van der Waals surface area contributed by atoms with Gasteiger partial charge in [-0.1, -0.05) is 149 Å². The van der Waals surface area contributed by atoms with E-state index in [2.05, 4.69) is 131 Å². The van der Waals surface area contributed by atoms with Crippen molar-refractivity contribution in [2.75, 3.05) is 0 Å². The largest absolute Gasteiger partial charge is 0.374 e. The molecule has 1 heteroatoms. The monoisotopic (exact) mass is 494 g/mol. The number of benzene rings is 4. The minimum atomic E-state index is 0.315. The van der Waals surface area contributed by atoms with Gasteiger partial charge in [0.15, 0.2) is 0 Å². The third-order valence-electron chi connectivity index (χ3n) is 5.90. The van der Waals surface area contributed by atoms with E-state index in [9.17, 15) is 0 Å². The fraction of sp³-hybridized carbons (Fsp3) is 0.333. The van der Waals surface area contributed by atoms with Gasteiger partial charge in [0.1, 0.15) is 0 Å². The van der Waals surface area contributed by atoms with E-state index in [1.165, 1.54) is 28.7 Å². The number of ether oxygens (including phenoxy) is 1. The lowest BCUT2D eigenvalue weighted by Crippen LogP contribution is -2.08. The van der Waals surface area contributed by atoms with Crippen molar-refractivity contribution in [3.05, 3.63) is 144 Å². The average Bonchev–Trinajstić information content (AvgIpc) is 2.90. The van der Waals surface area contributed by atoms with Gasteiger partial charge < -0.3 is 4.74 Å². The second-order valence-corrected chi connectivity index (χ2v) is 10.5. The van der Waals surface area contributed by atoms with Crippen molar-refractivity contribution in [1.29, 1.82) is 0 Å². The van der Waals surface area contributed by atoms with Crippen LogP contribution in [0.3, 0.4) is 0 Å². The van der Waals surface area contributed by atoms with Gasteiger partial charge in [0, 0.05) is 5.92 Å². The first-order chi connectivity index (χ1) is 17.9. The van der Waals surface area contributed by atoms with Crippen LogP contribution in [0.5, 0.6) is 0 Å². The third-order valence-corrected chi connectivity index (χ3v) is 5.90. The summed E-state index contributed by atoms with van der Waals surface area (Å²) in [4.78, 5) is 0. The number of rotatable bonds is 8. The van der Waals surface area contributed by atoms with Crippen molar-refractivity contribution in [1.82, 2.24) is 0 Å². The molecule has 4 aromatic carbocycles. The second-order valence-electron chi connectivity index (χ2n) is 10.5. The molecule has 0 aromatic heterocycles. The van der Waals surface area contributed by atoms with E-state index in [4.69, 9.17) is 4.74 Å². The molecule has 0 spiro atoms. The summed E-state index contributed by atoms with van der Waals surface area (Å²) in [6.45, 7) is 13.9. The van der Waals surface area contributed by atoms with Crippen LogP contribution in [0.1, 0.15) is 69.7 Å². The highest BCUT2D eigenvalue weighted by Gasteiger charge is 2.17. The Labute approximate surface area is 226 Å². The molecule has 0 aliphatic heterocycles. The molecule has 0 aliphatic carbocycles. The Balaban J connectivity index is 0.000000203. The Kier molecular flexibility index (Phi) is 14.1. The van der Waals surface area contributed by atoms with Crippen molar-refractivity contribution in [3.8, 4) is 0 Å². The molecule has 37 heavy (non-hydrogen) atoms. The molecule has 0 saturated heterocycles. The van der Waals surface area contributed by atoms with Crippen molar-refractivity contribution < 1.29 is 4.74 Å². The molecule has 0 N–H and O–H groups in total. The minimum absolute atomic E-state index is 0.315. The van der Waals surface area contributed by atoms with Crippen molar-refractivity contribution >= 4 is 0 Å². The molecule has 0 unspecified atom stereocenters. The molecule has 0 atom stereocenters. The molecule has 1 nitrogen and oxygen atoms in total. The first-order valence-corrected chi connectivity index (χ1v) is 13.7. The third kappa shape index (κ3) is 12.6. The summed E-state index contributed by atoms with van der Waals surface area (Å²) in [5.41, 5.74) is 5.49. The van der Waals surface area contributed by atoms with E-state index in [0.717, 1.165) is 12.5 Å². The zero-order chi connectivity index (χ0) is 26.9. The molecule has 196 valence electrons. The van der Waals surface area contributed by atoms with Crippen LogP contribution in [-0.4, -0.2) is 6.10 Å². The van der Waals surface area contributed by atoms with E-state index >= 15 is 0 Å². The Morgan fingerprint density at radius 3 is 1.22 bits per heavy atom. The zero-order valence-corrected chi connectivity index (χ0v) is 23.7. The van der Waals surface area contributed by atoms with Gasteiger partial charge in [0.05, 0.1) is 12.7 Å². The van der Waals surface area contributed by atoms with Gasteiger partial charge in [0.2, 0.25) is 0 Å². The van der Waals surface area contributed by atoms with Gasteiger partial charge in [-0.3, -0.25) is 0 Å². The molecular formula is C36H46O. The molecule has 0 saturated carbocycles. The van der Waals surface area contributed by atoms with Crippen LogP contribution >= 0.6 is 0 Å². The molecule has 0 radical (unpaired) electrons. The Hall–Kier alpha value is -3.16. The highest BCUT2D eigenvalue weighted by atomic mass is 16.5. The maximum atomic E-state index is 5.43. The maximum absolute atomic E-state index is 5.43. The molecule has 4 rings (SSSR count). The highest BCUT2D eigenvalue weighted by molar-refractivity contribution is 5.32. The zero-order valence-electron chi connectivity index (χ0n) is 23.7. The summed E-state index contributed by atoms with van der Waals surface area (Å²) in [6, 6.07) is 42.3. The summed E-state index contributed by atoms with van der Waals surface area (Å²) < 4.78 is 5.43. The quantitative estimate of drug-likeness (QED) is 0.237. The van der Waals surface area contributed by atoms with Crippen LogP contribution in [0, 0.1) is 11.8 Å². The minimum Gasteiger partial charge on any atom is -0.374 e. The lowest BCUT2D eigenvalue weighted by Gasteiger charge is -2.21. The van der Waals surface area contributed by atoms with Gasteiger partial charge in [-0.05, 0) is 54.4 Å². The van der Waals surface area contributed by atoms with Crippen LogP contribution < -0.4 is 0 Å². The van der Waals surface area contributed by atoms with Crippen LogP contribution in [0.25, 0.3) is 0 Å². The van der Waals surface area contributed by atoms with Crippen LogP contribution in [-0.2, 0) is 17.8 Å². The summed E-state index contributed by atoms with van der Waals surface area (Å²) in [5, 5.41) is 0. The summed E-state index contributed by atoms with van der Waals surface area (Å²) in [6.07, 6.45) is 1.51. The van der Waals surface area contributed by atoms with Gasteiger partial charge >= 0.3 is 0 Å². The highest BCUT2D eigenvalue weighted by Crippen LogP contribution is 2.31. The molecule has 0 fully saturated rings. The van der Waals surface area contributed by atoms with Gasteiger partial charge in [0.25, 0.3) is 0 Å². The first-order valence-electron chi connectivity index (χ1n) is 13.7. The normalized spacial score (nSPS) is 10.6. The fourth-order valence-corrected chi connectivity index (χ4v) is 4.21. The number of hydrogen-bond acceptors (Lipinski definition) is 1. The summed E-state index contributed by atoms with van der Waals surface area (Å²) in [5.74, 6) is 1.88. The van der Waals surface area contributed by atoms with Crippen molar-refractivity contribution in [2.24, 2.45) is 11.8 Å².